The summed E-state index contributed by atoms with van der Waals surface area (Å²) in [6, 6.07) is 1.64. The summed E-state index contributed by atoms with van der Waals surface area (Å²) in [6.07, 6.45) is 4.65. The molecule has 0 aliphatic heterocycles. The Morgan fingerprint density at radius 1 is 1.18 bits per heavy atom. The molecule has 0 bridgehead atoms. The maximum Gasteiger partial charge on any atom is 0.220 e. The van der Waals surface area contributed by atoms with Crippen molar-refractivity contribution < 1.29 is 14.6 Å². The van der Waals surface area contributed by atoms with Gasteiger partial charge in [0.05, 0.1) is 26.9 Å². The molecule has 0 radical (unpaired) electrons. The zero-order valence-electron chi connectivity index (χ0n) is 14.3. The minimum absolute atomic E-state index is 0.00819. The molecule has 1 aromatic rings. The molecule has 0 aliphatic rings. The number of aromatic nitrogens is 2. The van der Waals surface area contributed by atoms with E-state index in [0.717, 1.165) is 6.42 Å². The van der Waals surface area contributed by atoms with Crippen molar-refractivity contribution in [3.8, 4) is 11.8 Å². The number of rotatable bonds is 10. The van der Waals surface area contributed by atoms with Gasteiger partial charge in [-0.3, -0.25) is 0 Å². The molecule has 0 saturated carbocycles. The van der Waals surface area contributed by atoms with Gasteiger partial charge in [0, 0.05) is 5.25 Å². The van der Waals surface area contributed by atoms with Crippen LogP contribution in [-0.2, 0) is 0 Å². The Kier molecular flexibility index (Phi) is 7.96. The van der Waals surface area contributed by atoms with Gasteiger partial charge < -0.3 is 14.6 Å². The van der Waals surface area contributed by atoms with Gasteiger partial charge in [-0.2, -0.15) is 9.97 Å². The standard InChI is InChI=1S/C16H28N2O3S/c1-6-7-8-9-16(2,3)12(11-19)22-15-17-13(20-4)10-14(18-15)21-5/h10,12,19H,6-9,11H2,1-5H3. The summed E-state index contributed by atoms with van der Waals surface area (Å²) >= 11 is 1.48. The second-order valence-electron chi connectivity index (χ2n) is 5.97. The maximum absolute atomic E-state index is 9.79. The van der Waals surface area contributed by atoms with Crippen molar-refractivity contribution in [1.82, 2.24) is 9.97 Å². The van der Waals surface area contributed by atoms with Gasteiger partial charge in [0.25, 0.3) is 0 Å². The summed E-state index contributed by atoms with van der Waals surface area (Å²) < 4.78 is 10.3. The van der Waals surface area contributed by atoms with E-state index in [1.807, 2.05) is 0 Å². The van der Waals surface area contributed by atoms with Crippen LogP contribution in [0.1, 0.15) is 46.5 Å². The van der Waals surface area contributed by atoms with Crippen LogP contribution in [0.25, 0.3) is 0 Å². The highest BCUT2D eigenvalue weighted by Crippen LogP contribution is 2.38. The molecule has 1 rings (SSSR count). The zero-order valence-corrected chi connectivity index (χ0v) is 15.1. The normalized spacial score (nSPS) is 13.0. The first-order valence-corrected chi connectivity index (χ1v) is 8.59. The van der Waals surface area contributed by atoms with Crippen molar-refractivity contribution >= 4 is 11.8 Å². The number of hydrogen-bond donors (Lipinski definition) is 1. The van der Waals surface area contributed by atoms with Gasteiger partial charge >= 0.3 is 0 Å². The summed E-state index contributed by atoms with van der Waals surface area (Å²) in [5, 5.41) is 10.4. The Bertz CT molecular complexity index is 433. The molecular formula is C16H28N2O3S. The predicted octanol–water partition coefficient (Wildman–Crippen LogP) is 3.55. The van der Waals surface area contributed by atoms with Gasteiger partial charge in [-0.15, -0.1) is 0 Å². The largest absolute Gasteiger partial charge is 0.481 e. The predicted molar refractivity (Wildman–Crippen MR) is 89.8 cm³/mol. The number of thioether (sulfide) groups is 1. The summed E-state index contributed by atoms with van der Waals surface area (Å²) in [5.74, 6) is 0.935. The van der Waals surface area contributed by atoms with Crippen molar-refractivity contribution in [2.24, 2.45) is 5.41 Å². The molecule has 1 aromatic heterocycles. The zero-order chi connectivity index (χ0) is 16.6. The van der Waals surface area contributed by atoms with Crippen LogP contribution in [0.5, 0.6) is 11.8 Å². The number of ether oxygens (including phenoxy) is 2. The number of aliphatic hydroxyl groups is 1. The molecule has 0 aliphatic carbocycles. The van der Waals surface area contributed by atoms with Crippen molar-refractivity contribution in [2.75, 3.05) is 20.8 Å². The Labute approximate surface area is 137 Å². The third kappa shape index (κ3) is 5.65. The monoisotopic (exact) mass is 328 g/mol. The molecule has 1 heterocycles. The van der Waals surface area contributed by atoms with E-state index in [2.05, 4.69) is 30.7 Å². The van der Waals surface area contributed by atoms with Crippen LogP contribution in [-0.4, -0.2) is 41.2 Å². The number of unbranched alkanes of at least 4 members (excludes halogenated alkanes) is 2. The van der Waals surface area contributed by atoms with Crippen LogP contribution < -0.4 is 9.47 Å². The van der Waals surface area contributed by atoms with Crippen molar-refractivity contribution in [3.05, 3.63) is 6.07 Å². The van der Waals surface area contributed by atoms with E-state index < -0.39 is 0 Å². The maximum atomic E-state index is 9.79. The number of hydrogen-bond acceptors (Lipinski definition) is 6. The van der Waals surface area contributed by atoms with E-state index in [-0.39, 0.29) is 17.3 Å². The lowest BCUT2D eigenvalue weighted by molar-refractivity contribution is 0.208. The average Bonchev–Trinajstić information content (AvgIpc) is 2.52. The molecule has 5 nitrogen and oxygen atoms in total. The van der Waals surface area contributed by atoms with Crippen molar-refractivity contribution in [3.63, 3.8) is 0 Å². The lowest BCUT2D eigenvalue weighted by atomic mass is 9.83. The fourth-order valence-electron chi connectivity index (χ4n) is 2.21. The lowest BCUT2D eigenvalue weighted by Crippen LogP contribution is -2.30. The van der Waals surface area contributed by atoms with Crippen molar-refractivity contribution in [2.45, 2.75) is 56.9 Å². The Morgan fingerprint density at radius 3 is 2.23 bits per heavy atom. The molecule has 0 fully saturated rings. The number of methoxy groups -OCH3 is 2. The molecule has 126 valence electrons. The molecule has 0 saturated heterocycles. The summed E-state index contributed by atoms with van der Waals surface area (Å²) in [5.41, 5.74) is 0.00819. The Hall–Kier alpha value is -1.01. The molecule has 0 aromatic carbocycles. The van der Waals surface area contributed by atoms with E-state index in [0.29, 0.717) is 16.9 Å². The van der Waals surface area contributed by atoms with Crippen LogP contribution in [0, 0.1) is 5.41 Å². The Morgan fingerprint density at radius 2 is 1.77 bits per heavy atom. The van der Waals surface area contributed by atoms with Crippen LogP contribution in [0.15, 0.2) is 11.2 Å². The van der Waals surface area contributed by atoms with Crippen LogP contribution in [0.4, 0.5) is 0 Å². The fourth-order valence-corrected chi connectivity index (χ4v) is 3.26. The smallest absolute Gasteiger partial charge is 0.220 e. The molecule has 1 N–H and O–H groups in total. The molecule has 6 heteroatoms. The molecule has 22 heavy (non-hydrogen) atoms. The van der Waals surface area contributed by atoms with Crippen molar-refractivity contribution in [1.29, 1.82) is 0 Å². The molecule has 1 unspecified atom stereocenters. The van der Waals surface area contributed by atoms with Gasteiger partial charge in [-0.25, -0.2) is 0 Å². The summed E-state index contributed by atoms with van der Waals surface area (Å²) in [4.78, 5) is 8.67. The summed E-state index contributed by atoms with van der Waals surface area (Å²) in [6.45, 7) is 6.66. The van der Waals surface area contributed by atoms with Gasteiger partial charge in [-0.1, -0.05) is 51.8 Å². The second kappa shape index (κ2) is 9.20. The third-order valence-corrected chi connectivity index (χ3v) is 5.25. The highest BCUT2D eigenvalue weighted by molar-refractivity contribution is 7.99. The average molecular weight is 328 g/mol. The van der Waals surface area contributed by atoms with Crippen LogP contribution in [0.3, 0.4) is 0 Å². The highest BCUT2D eigenvalue weighted by atomic mass is 32.2. The van der Waals surface area contributed by atoms with E-state index >= 15 is 0 Å². The molecule has 1 atom stereocenters. The lowest BCUT2D eigenvalue weighted by Gasteiger charge is -2.32. The van der Waals surface area contributed by atoms with E-state index in [1.165, 1.54) is 31.0 Å². The first-order chi connectivity index (χ1) is 10.5. The van der Waals surface area contributed by atoms with E-state index in [4.69, 9.17) is 9.47 Å². The van der Waals surface area contributed by atoms with Gasteiger partial charge in [0.1, 0.15) is 0 Å². The third-order valence-electron chi connectivity index (χ3n) is 3.79. The van der Waals surface area contributed by atoms with E-state index in [9.17, 15) is 5.11 Å². The molecule has 0 amide bonds. The fraction of sp³-hybridized carbons (Fsp3) is 0.750. The number of nitrogens with zero attached hydrogens (tertiary/aromatic N) is 2. The minimum Gasteiger partial charge on any atom is -0.481 e. The molecule has 0 spiro atoms. The number of aliphatic hydroxyl groups excluding tert-OH is 1. The van der Waals surface area contributed by atoms with Crippen LogP contribution in [0.2, 0.25) is 0 Å². The van der Waals surface area contributed by atoms with E-state index in [1.54, 1.807) is 20.3 Å². The first kappa shape index (κ1) is 19.0. The SMILES string of the molecule is CCCCCC(C)(C)C(CO)Sc1nc(OC)cc(OC)n1. The van der Waals surface area contributed by atoms with Crippen LogP contribution >= 0.6 is 11.8 Å². The highest BCUT2D eigenvalue weighted by Gasteiger charge is 2.30. The topological polar surface area (TPSA) is 64.5 Å². The summed E-state index contributed by atoms with van der Waals surface area (Å²) in [7, 11) is 3.13. The van der Waals surface area contributed by atoms with Gasteiger partial charge in [0.15, 0.2) is 5.16 Å². The first-order valence-electron chi connectivity index (χ1n) is 7.71. The second-order valence-corrected chi connectivity index (χ2v) is 7.14. The quantitative estimate of drug-likeness (QED) is 0.402. The molecular weight excluding hydrogens is 300 g/mol. The van der Waals surface area contributed by atoms with Gasteiger partial charge in [0.2, 0.25) is 11.8 Å². The Balaban J connectivity index is 2.84. The minimum atomic E-state index is 0.00819. The van der Waals surface area contributed by atoms with Gasteiger partial charge in [-0.05, 0) is 11.8 Å².